The molecule has 0 heterocycles. The maximum Gasteiger partial charge on any atom is 0.0543 e. The third-order valence-corrected chi connectivity index (χ3v) is 11.6. The predicted octanol–water partition coefficient (Wildman–Crippen LogP) is 14.6. The molecule has 0 amide bonds. The fourth-order valence-electron chi connectivity index (χ4n) is 8.77. The minimum Gasteiger partial charge on any atom is -0.310 e. The van der Waals surface area contributed by atoms with E-state index in [9.17, 15) is 0 Å². The molecule has 9 aromatic carbocycles. The zero-order chi connectivity index (χ0) is 36.8. The van der Waals surface area contributed by atoms with Gasteiger partial charge in [0.25, 0.3) is 0 Å². The first-order chi connectivity index (χ1) is 27.2. The van der Waals surface area contributed by atoms with Crippen molar-refractivity contribution in [2.45, 2.75) is 12.3 Å². The summed E-state index contributed by atoms with van der Waals surface area (Å²) < 4.78 is 0. The molecule has 1 atom stereocenters. The average molecular weight is 702 g/mol. The molecule has 1 unspecified atom stereocenters. The number of rotatable bonds is 7. The monoisotopic (exact) mass is 701 g/mol. The summed E-state index contributed by atoms with van der Waals surface area (Å²) in [5.41, 5.74) is 16.9. The van der Waals surface area contributed by atoms with Gasteiger partial charge >= 0.3 is 0 Å². The molecule has 10 rings (SSSR count). The molecular formula is C54H39N. The van der Waals surface area contributed by atoms with Gasteiger partial charge in [0.05, 0.1) is 5.69 Å². The lowest BCUT2D eigenvalue weighted by Gasteiger charge is -2.30. The molecule has 1 aliphatic rings. The second-order valence-corrected chi connectivity index (χ2v) is 14.6. The zero-order valence-electron chi connectivity index (χ0n) is 30.7. The SMILES string of the molecule is CC1(c2ccccc2)c2ccccc2-c2c(N(c3ccc(-c4ccc(-c5ccccc5)cc4)cc3)c3ccc(-c4cccc5ccccc45)cc3)cccc21. The lowest BCUT2D eigenvalue weighted by atomic mass is 9.74. The summed E-state index contributed by atoms with van der Waals surface area (Å²) in [6.07, 6.45) is 0. The van der Waals surface area contributed by atoms with Crippen LogP contribution in [0.5, 0.6) is 0 Å². The van der Waals surface area contributed by atoms with Crippen LogP contribution in [0.1, 0.15) is 23.6 Å². The molecule has 0 saturated carbocycles. The second kappa shape index (κ2) is 13.5. The number of nitrogens with zero attached hydrogens (tertiary/aromatic N) is 1. The van der Waals surface area contributed by atoms with Gasteiger partial charge in [-0.2, -0.15) is 0 Å². The summed E-state index contributed by atoms with van der Waals surface area (Å²) in [4.78, 5) is 2.45. The van der Waals surface area contributed by atoms with E-state index in [-0.39, 0.29) is 5.41 Å². The van der Waals surface area contributed by atoms with Crippen molar-refractivity contribution < 1.29 is 0 Å². The second-order valence-electron chi connectivity index (χ2n) is 14.6. The maximum absolute atomic E-state index is 2.45. The highest BCUT2D eigenvalue weighted by Crippen LogP contribution is 2.56. The zero-order valence-corrected chi connectivity index (χ0v) is 30.7. The van der Waals surface area contributed by atoms with Gasteiger partial charge in [-0.3, -0.25) is 0 Å². The van der Waals surface area contributed by atoms with Crippen LogP contribution in [0.2, 0.25) is 0 Å². The number of anilines is 3. The van der Waals surface area contributed by atoms with Gasteiger partial charge in [-0.1, -0.05) is 188 Å². The molecule has 1 heteroatoms. The van der Waals surface area contributed by atoms with E-state index in [2.05, 4.69) is 230 Å². The van der Waals surface area contributed by atoms with Gasteiger partial charge in [-0.25, -0.2) is 0 Å². The van der Waals surface area contributed by atoms with Gasteiger partial charge in [0.1, 0.15) is 0 Å². The van der Waals surface area contributed by atoms with Gasteiger partial charge in [0.2, 0.25) is 0 Å². The fourth-order valence-corrected chi connectivity index (χ4v) is 8.77. The topological polar surface area (TPSA) is 3.24 Å². The van der Waals surface area contributed by atoms with Crippen molar-refractivity contribution >= 4 is 27.8 Å². The smallest absolute Gasteiger partial charge is 0.0543 e. The van der Waals surface area contributed by atoms with Gasteiger partial charge < -0.3 is 4.90 Å². The Balaban J connectivity index is 1.11. The normalized spacial score (nSPS) is 14.3. The number of fused-ring (bicyclic) bond motifs is 4. The van der Waals surface area contributed by atoms with E-state index in [4.69, 9.17) is 0 Å². The summed E-state index contributed by atoms with van der Waals surface area (Å²) in [6.45, 7) is 2.39. The largest absolute Gasteiger partial charge is 0.310 e. The Hall–Kier alpha value is -6.96. The summed E-state index contributed by atoms with van der Waals surface area (Å²) in [5.74, 6) is 0. The Labute approximate surface area is 323 Å². The van der Waals surface area contributed by atoms with E-state index in [0.717, 1.165) is 11.4 Å². The first kappa shape index (κ1) is 32.7. The average Bonchev–Trinajstić information content (AvgIpc) is 3.54. The molecule has 0 fully saturated rings. The van der Waals surface area contributed by atoms with Crippen LogP contribution in [-0.2, 0) is 5.41 Å². The lowest BCUT2D eigenvalue weighted by molar-refractivity contribution is 0.714. The van der Waals surface area contributed by atoms with Gasteiger partial charge in [0, 0.05) is 22.4 Å². The van der Waals surface area contributed by atoms with E-state index in [0.29, 0.717) is 0 Å². The van der Waals surface area contributed by atoms with E-state index in [1.807, 2.05) is 0 Å². The van der Waals surface area contributed by atoms with Crippen molar-refractivity contribution in [3.8, 4) is 44.5 Å². The summed E-state index contributed by atoms with van der Waals surface area (Å²) in [5, 5.41) is 2.51. The Morgan fingerprint density at radius 1 is 0.345 bits per heavy atom. The lowest BCUT2D eigenvalue weighted by Crippen LogP contribution is -2.22. The minimum atomic E-state index is -0.289. The van der Waals surface area contributed by atoms with Crippen LogP contribution in [0.4, 0.5) is 17.1 Å². The van der Waals surface area contributed by atoms with E-state index in [1.54, 1.807) is 0 Å². The van der Waals surface area contributed by atoms with Crippen molar-refractivity contribution in [2.75, 3.05) is 4.90 Å². The number of hydrogen-bond acceptors (Lipinski definition) is 1. The highest BCUT2D eigenvalue weighted by atomic mass is 15.1. The van der Waals surface area contributed by atoms with Crippen molar-refractivity contribution in [1.82, 2.24) is 0 Å². The quantitative estimate of drug-likeness (QED) is 0.160. The van der Waals surface area contributed by atoms with Crippen molar-refractivity contribution in [3.63, 3.8) is 0 Å². The van der Waals surface area contributed by atoms with Crippen LogP contribution in [0.15, 0.2) is 218 Å². The molecule has 0 bridgehead atoms. The van der Waals surface area contributed by atoms with E-state index < -0.39 is 0 Å². The third-order valence-electron chi connectivity index (χ3n) is 11.6. The van der Waals surface area contributed by atoms with Crippen LogP contribution in [0, 0.1) is 0 Å². The van der Waals surface area contributed by atoms with Crippen LogP contribution >= 0.6 is 0 Å². The van der Waals surface area contributed by atoms with E-state index in [1.165, 1.54) is 77.7 Å². The molecule has 0 saturated heterocycles. The summed E-state index contributed by atoms with van der Waals surface area (Å²) in [7, 11) is 0. The molecule has 0 aromatic heterocycles. The Bertz CT molecular complexity index is 2780. The standard InChI is InChI=1S/C54H39N/c1-54(44-18-6-3-7-19-44)50-23-11-10-21-49(50)53-51(54)24-13-25-52(53)55(46-36-32-43(33-37-46)48-22-12-17-42-16-8-9-20-47(42)48)45-34-30-41(31-35-45)40-28-26-39(27-29-40)38-14-4-2-5-15-38/h2-37H,1H3. The molecule has 0 aliphatic heterocycles. The first-order valence-corrected chi connectivity index (χ1v) is 19.1. The maximum atomic E-state index is 2.45. The number of hydrogen-bond donors (Lipinski definition) is 0. The highest BCUT2D eigenvalue weighted by molar-refractivity contribution is 5.98. The molecule has 0 spiro atoms. The molecule has 0 radical (unpaired) electrons. The molecule has 0 N–H and O–H groups in total. The fraction of sp³-hybridized carbons (Fsp3) is 0.0370. The van der Waals surface area contributed by atoms with Crippen LogP contribution in [0.25, 0.3) is 55.3 Å². The van der Waals surface area contributed by atoms with Crippen LogP contribution in [0.3, 0.4) is 0 Å². The minimum absolute atomic E-state index is 0.289. The molecule has 55 heavy (non-hydrogen) atoms. The van der Waals surface area contributed by atoms with Gasteiger partial charge in [-0.15, -0.1) is 0 Å². The number of benzene rings is 9. The molecular weight excluding hydrogens is 663 g/mol. The third kappa shape index (κ3) is 5.56. The van der Waals surface area contributed by atoms with E-state index >= 15 is 0 Å². The molecule has 9 aromatic rings. The van der Waals surface area contributed by atoms with Crippen LogP contribution in [-0.4, -0.2) is 0 Å². The summed E-state index contributed by atoms with van der Waals surface area (Å²) >= 11 is 0. The molecule has 1 aliphatic carbocycles. The molecule has 260 valence electrons. The Kier molecular flexibility index (Phi) is 8.00. The first-order valence-electron chi connectivity index (χ1n) is 19.1. The molecule has 1 nitrogen and oxygen atoms in total. The Morgan fingerprint density at radius 3 is 1.51 bits per heavy atom. The van der Waals surface area contributed by atoms with Gasteiger partial charge in [0.15, 0.2) is 0 Å². The van der Waals surface area contributed by atoms with Gasteiger partial charge in [-0.05, 0) is 104 Å². The van der Waals surface area contributed by atoms with Crippen LogP contribution < -0.4 is 4.90 Å². The summed E-state index contributed by atoms with van der Waals surface area (Å²) in [6, 6.07) is 79.7. The van der Waals surface area contributed by atoms with Crippen molar-refractivity contribution in [2.24, 2.45) is 0 Å². The Morgan fingerprint density at radius 2 is 0.818 bits per heavy atom. The van der Waals surface area contributed by atoms with Crippen molar-refractivity contribution in [1.29, 1.82) is 0 Å². The predicted molar refractivity (Wildman–Crippen MR) is 232 cm³/mol. The van der Waals surface area contributed by atoms with Crippen molar-refractivity contribution in [3.05, 3.63) is 235 Å². The highest BCUT2D eigenvalue weighted by Gasteiger charge is 2.42.